The highest BCUT2D eigenvalue weighted by atomic mass is 32.2. The first-order valence-corrected chi connectivity index (χ1v) is 8.41. The molecule has 0 heterocycles. The number of rotatable bonds is 8. The van der Waals surface area contributed by atoms with Crippen molar-refractivity contribution in [2.75, 3.05) is 25.2 Å². The molecule has 1 aromatic carbocycles. The Hall–Kier alpha value is -1.07. The van der Waals surface area contributed by atoms with Crippen LogP contribution in [-0.2, 0) is 9.84 Å². The molecule has 0 spiro atoms. The Morgan fingerprint density at radius 2 is 2.00 bits per heavy atom. The normalized spacial score (nSPS) is 13.2. The summed E-state index contributed by atoms with van der Waals surface area (Å²) >= 11 is 0. The summed E-state index contributed by atoms with van der Waals surface area (Å²) in [7, 11) is -0.999. The molecule has 1 rings (SSSR count). The Bertz CT molecular complexity index is 485. The molecule has 0 saturated heterocycles. The SMILES string of the molecule is CCS(=O)(=O)CCCOc1ccccc1C(C)NC. The second-order valence-corrected chi connectivity index (χ2v) is 6.96. The molecular weight excluding hydrogens is 262 g/mol. The minimum atomic E-state index is -2.90. The van der Waals surface area contributed by atoms with Gasteiger partial charge in [-0.3, -0.25) is 0 Å². The topological polar surface area (TPSA) is 55.4 Å². The summed E-state index contributed by atoms with van der Waals surface area (Å²) in [6.07, 6.45) is 0.526. The molecule has 4 nitrogen and oxygen atoms in total. The zero-order valence-corrected chi connectivity index (χ0v) is 12.7. The van der Waals surface area contributed by atoms with Crippen LogP contribution >= 0.6 is 0 Å². The Balaban J connectivity index is 2.54. The van der Waals surface area contributed by atoms with Crippen molar-refractivity contribution in [3.63, 3.8) is 0 Å². The number of nitrogens with one attached hydrogen (secondary N) is 1. The average Bonchev–Trinajstić information content (AvgIpc) is 2.43. The molecule has 1 unspecified atom stereocenters. The largest absolute Gasteiger partial charge is 0.493 e. The molecule has 0 aliphatic heterocycles. The van der Waals surface area contributed by atoms with Crippen LogP contribution in [0.25, 0.3) is 0 Å². The maximum atomic E-state index is 11.4. The van der Waals surface area contributed by atoms with E-state index in [-0.39, 0.29) is 17.5 Å². The number of para-hydroxylation sites is 1. The monoisotopic (exact) mass is 285 g/mol. The lowest BCUT2D eigenvalue weighted by Gasteiger charge is -2.16. The molecule has 19 heavy (non-hydrogen) atoms. The quantitative estimate of drug-likeness (QED) is 0.744. The van der Waals surface area contributed by atoms with E-state index >= 15 is 0 Å². The number of hydrogen-bond donors (Lipinski definition) is 1. The van der Waals surface area contributed by atoms with E-state index in [4.69, 9.17) is 4.74 Å². The van der Waals surface area contributed by atoms with E-state index in [1.807, 2.05) is 31.3 Å². The van der Waals surface area contributed by atoms with Gasteiger partial charge in [0.1, 0.15) is 15.6 Å². The molecule has 0 aliphatic rings. The van der Waals surface area contributed by atoms with Gasteiger partial charge in [0.2, 0.25) is 0 Å². The number of sulfone groups is 1. The van der Waals surface area contributed by atoms with Gasteiger partial charge in [-0.1, -0.05) is 25.1 Å². The van der Waals surface area contributed by atoms with Gasteiger partial charge in [-0.2, -0.15) is 0 Å². The van der Waals surface area contributed by atoms with Crippen LogP contribution in [0, 0.1) is 0 Å². The molecule has 0 saturated carbocycles. The minimum Gasteiger partial charge on any atom is -0.493 e. The second-order valence-electron chi connectivity index (χ2n) is 4.49. The van der Waals surface area contributed by atoms with Crippen molar-refractivity contribution in [2.45, 2.75) is 26.3 Å². The van der Waals surface area contributed by atoms with E-state index in [0.29, 0.717) is 13.0 Å². The van der Waals surface area contributed by atoms with Crippen molar-refractivity contribution in [2.24, 2.45) is 0 Å². The molecule has 1 N–H and O–H groups in total. The maximum absolute atomic E-state index is 11.4. The highest BCUT2D eigenvalue weighted by Crippen LogP contribution is 2.24. The summed E-state index contributed by atoms with van der Waals surface area (Å²) in [5.41, 5.74) is 1.09. The molecular formula is C14H23NO3S. The second kappa shape index (κ2) is 7.50. The zero-order chi connectivity index (χ0) is 14.3. The van der Waals surface area contributed by atoms with Crippen LogP contribution in [0.3, 0.4) is 0 Å². The number of hydrogen-bond acceptors (Lipinski definition) is 4. The van der Waals surface area contributed by atoms with Crippen molar-refractivity contribution in [3.05, 3.63) is 29.8 Å². The Labute approximate surface area is 116 Å². The van der Waals surface area contributed by atoms with Crippen molar-refractivity contribution >= 4 is 9.84 Å². The van der Waals surface area contributed by atoms with E-state index in [2.05, 4.69) is 12.2 Å². The third-order valence-electron chi connectivity index (χ3n) is 3.12. The van der Waals surface area contributed by atoms with Gasteiger partial charge in [-0.05, 0) is 26.5 Å². The summed E-state index contributed by atoms with van der Waals surface area (Å²) in [5.74, 6) is 1.20. The first kappa shape index (κ1) is 16.0. The van der Waals surface area contributed by atoms with Gasteiger partial charge in [0.25, 0.3) is 0 Å². The fraction of sp³-hybridized carbons (Fsp3) is 0.571. The van der Waals surface area contributed by atoms with Crippen LogP contribution in [0.4, 0.5) is 0 Å². The summed E-state index contributed by atoms with van der Waals surface area (Å²) < 4.78 is 28.4. The third-order valence-corrected chi connectivity index (χ3v) is 4.91. The van der Waals surface area contributed by atoms with E-state index < -0.39 is 9.84 Å². The molecule has 5 heteroatoms. The maximum Gasteiger partial charge on any atom is 0.150 e. The summed E-state index contributed by atoms with van der Waals surface area (Å²) in [5, 5.41) is 3.17. The van der Waals surface area contributed by atoms with Gasteiger partial charge in [0.15, 0.2) is 0 Å². The number of ether oxygens (including phenoxy) is 1. The standard InChI is InChI=1S/C14H23NO3S/c1-4-19(16,17)11-7-10-18-14-9-6-5-8-13(14)12(2)15-3/h5-6,8-9,12,15H,4,7,10-11H2,1-3H3. The van der Waals surface area contributed by atoms with Gasteiger partial charge >= 0.3 is 0 Å². The Morgan fingerprint density at radius 1 is 1.32 bits per heavy atom. The third kappa shape index (κ3) is 5.20. The van der Waals surface area contributed by atoms with Gasteiger partial charge in [0.05, 0.1) is 12.4 Å². The summed E-state index contributed by atoms with van der Waals surface area (Å²) in [4.78, 5) is 0. The van der Waals surface area contributed by atoms with E-state index in [1.165, 1.54) is 0 Å². The number of benzene rings is 1. The molecule has 0 aromatic heterocycles. The lowest BCUT2D eigenvalue weighted by molar-refractivity contribution is 0.311. The predicted octanol–water partition coefficient (Wildman–Crippen LogP) is 2.17. The molecule has 0 fully saturated rings. The molecule has 1 atom stereocenters. The van der Waals surface area contributed by atoms with Gasteiger partial charge in [0, 0.05) is 17.4 Å². The van der Waals surface area contributed by atoms with Crippen LogP contribution < -0.4 is 10.1 Å². The van der Waals surface area contributed by atoms with E-state index in [9.17, 15) is 8.42 Å². The predicted molar refractivity (Wildman–Crippen MR) is 78.4 cm³/mol. The molecule has 1 aromatic rings. The van der Waals surface area contributed by atoms with Crippen molar-refractivity contribution in [3.8, 4) is 5.75 Å². The fourth-order valence-electron chi connectivity index (χ4n) is 1.73. The fourth-order valence-corrected chi connectivity index (χ4v) is 2.58. The van der Waals surface area contributed by atoms with Crippen LogP contribution in [0.15, 0.2) is 24.3 Å². The van der Waals surface area contributed by atoms with Crippen LogP contribution in [0.2, 0.25) is 0 Å². The van der Waals surface area contributed by atoms with Crippen LogP contribution in [0.1, 0.15) is 31.9 Å². The van der Waals surface area contributed by atoms with E-state index in [1.54, 1.807) is 6.92 Å². The van der Waals surface area contributed by atoms with Crippen molar-refractivity contribution in [1.29, 1.82) is 0 Å². The molecule has 0 radical (unpaired) electrons. The Kier molecular flexibility index (Phi) is 6.31. The van der Waals surface area contributed by atoms with Gasteiger partial charge in [-0.25, -0.2) is 8.42 Å². The smallest absolute Gasteiger partial charge is 0.150 e. The van der Waals surface area contributed by atoms with Crippen LogP contribution in [0.5, 0.6) is 5.75 Å². The van der Waals surface area contributed by atoms with E-state index in [0.717, 1.165) is 11.3 Å². The summed E-state index contributed by atoms with van der Waals surface area (Å²) in [6, 6.07) is 8.02. The molecule has 0 bridgehead atoms. The zero-order valence-electron chi connectivity index (χ0n) is 11.8. The van der Waals surface area contributed by atoms with Crippen molar-refractivity contribution in [1.82, 2.24) is 5.32 Å². The first-order valence-electron chi connectivity index (χ1n) is 6.59. The first-order chi connectivity index (χ1) is 9.00. The average molecular weight is 285 g/mol. The van der Waals surface area contributed by atoms with Gasteiger partial charge < -0.3 is 10.1 Å². The van der Waals surface area contributed by atoms with Gasteiger partial charge in [-0.15, -0.1) is 0 Å². The molecule has 108 valence electrons. The molecule has 0 amide bonds. The molecule has 0 aliphatic carbocycles. The highest BCUT2D eigenvalue weighted by Gasteiger charge is 2.10. The summed E-state index contributed by atoms with van der Waals surface area (Å²) in [6.45, 7) is 4.15. The lowest BCUT2D eigenvalue weighted by Crippen LogP contribution is -2.15. The minimum absolute atomic E-state index is 0.188. The lowest BCUT2D eigenvalue weighted by atomic mass is 10.1. The van der Waals surface area contributed by atoms with Crippen molar-refractivity contribution < 1.29 is 13.2 Å². The van der Waals surface area contributed by atoms with Crippen LogP contribution in [-0.4, -0.2) is 33.6 Å². The highest BCUT2D eigenvalue weighted by molar-refractivity contribution is 7.91. The Morgan fingerprint density at radius 3 is 2.63 bits per heavy atom.